The standard InChI is InChI=1S/C23H25ClFN3O3/c1-30-18-7-4-16(5-8-18)14-27-23(26-11-10-19-3-2-12-31-19)28-15-22(29)17-6-9-20(24)21(25)13-17/h2-9,12-13,22,29H,10-11,14-15H2,1H3,(H2,26,27,28). The highest BCUT2D eigenvalue weighted by Crippen LogP contribution is 2.20. The molecule has 8 heteroatoms. The van der Waals surface area contributed by atoms with Crippen LogP contribution in [0.25, 0.3) is 0 Å². The van der Waals surface area contributed by atoms with Crippen molar-refractivity contribution in [2.45, 2.75) is 19.1 Å². The van der Waals surface area contributed by atoms with Gasteiger partial charge in [0.2, 0.25) is 0 Å². The van der Waals surface area contributed by atoms with Gasteiger partial charge in [-0.15, -0.1) is 0 Å². The van der Waals surface area contributed by atoms with E-state index in [4.69, 9.17) is 20.8 Å². The lowest BCUT2D eigenvalue weighted by molar-refractivity contribution is 0.180. The Hall–Kier alpha value is -3.03. The van der Waals surface area contributed by atoms with E-state index >= 15 is 0 Å². The molecule has 164 valence electrons. The number of nitrogens with zero attached hydrogens (tertiary/aromatic N) is 1. The predicted molar refractivity (Wildman–Crippen MR) is 119 cm³/mol. The minimum atomic E-state index is -0.926. The van der Waals surface area contributed by atoms with Gasteiger partial charge in [0.1, 0.15) is 17.3 Å². The number of aliphatic hydroxyl groups is 1. The van der Waals surface area contributed by atoms with Gasteiger partial charge in [-0.05, 0) is 47.5 Å². The molecule has 0 aliphatic carbocycles. The Balaban J connectivity index is 1.62. The molecule has 1 atom stereocenters. The van der Waals surface area contributed by atoms with Crippen LogP contribution in [0, 0.1) is 5.82 Å². The summed E-state index contributed by atoms with van der Waals surface area (Å²) < 4.78 is 24.2. The van der Waals surface area contributed by atoms with Crippen molar-refractivity contribution in [3.8, 4) is 5.75 Å². The van der Waals surface area contributed by atoms with E-state index in [1.807, 2.05) is 36.4 Å². The summed E-state index contributed by atoms with van der Waals surface area (Å²) in [6.07, 6.45) is 1.39. The van der Waals surface area contributed by atoms with Gasteiger partial charge >= 0.3 is 0 Å². The largest absolute Gasteiger partial charge is 0.497 e. The Morgan fingerprint density at radius 2 is 2.00 bits per heavy atom. The van der Waals surface area contributed by atoms with E-state index in [-0.39, 0.29) is 11.6 Å². The second-order valence-corrected chi connectivity index (χ2v) is 7.25. The normalized spacial score (nSPS) is 12.5. The maximum atomic E-state index is 13.7. The summed E-state index contributed by atoms with van der Waals surface area (Å²) in [5.74, 6) is 1.60. The molecule has 0 aliphatic rings. The number of hydrogen-bond donors (Lipinski definition) is 3. The number of ether oxygens (including phenoxy) is 1. The van der Waals surface area contributed by atoms with Gasteiger partial charge in [-0.25, -0.2) is 9.38 Å². The zero-order valence-electron chi connectivity index (χ0n) is 17.1. The fourth-order valence-corrected chi connectivity index (χ4v) is 2.98. The van der Waals surface area contributed by atoms with Gasteiger partial charge < -0.3 is 24.9 Å². The molecule has 31 heavy (non-hydrogen) atoms. The number of guanidine groups is 1. The monoisotopic (exact) mass is 445 g/mol. The maximum Gasteiger partial charge on any atom is 0.191 e. The van der Waals surface area contributed by atoms with Gasteiger partial charge in [0.25, 0.3) is 0 Å². The van der Waals surface area contributed by atoms with E-state index < -0.39 is 11.9 Å². The molecule has 0 radical (unpaired) electrons. The average molecular weight is 446 g/mol. The van der Waals surface area contributed by atoms with Crippen molar-refractivity contribution in [1.82, 2.24) is 10.6 Å². The molecule has 3 rings (SSSR count). The zero-order chi connectivity index (χ0) is 22.1. The number of aliphatic hydroxyl groups excluding tert-OH is 1. The number of methoxy groups -OCH3 is 1. The lowest BCUT2D eigenvalue weighted by Gasteiger charge is -2.16. The summed E-state index contributed by atoms with van der Waals surface area (Å²) in [7, 11) is 1.62. The summed E-state index contributed by atoms with van der Waals surface area (Å²) in [5.41, 5.74) is 1.44. The number of hydrogen-bond acceptors (Lipinski definition) is 4. The van der Waals surface area contributed by atoms with Crippen molar-refractivity contribution in [2.75, 3.05) is 20.2 Å². The van der Waals surface area contributed by atoms with Crippen LogP contribution >= 0.6 is 11.6 Å². The van der Waals surface area contributed by atoms with Crippen LogP contribution < -0.4 is 15.4 Å². The van der Waals surface area contributed by atoms with Gasteiger partial charge in [-0.1, -0.05) is 29.8 Å². The number of nitrogens with one attached hydrogen (secondary N) is 2. The van der Waals surface area contributed by atoms with Crippen LogP contribution in [0.1, 0.15) is 23.0 Å². The smallest absolute Gasteiger partial charge is 0.191 e. The molecule has 3 N–H and O–H groups in total. The topological polar surface area (TPSA) is 79.0 Å². The van der Waals surface area contributed by atoms with Crippen molar-refractivity contribution in [3.63, 3.8) is 0 Å². The molecule has 0 bridgehead atoms. The summed E-state index contributed by atoms with van der Waals surface area (Å²) in [5, 5.41) is 16.8. The van der Waals surface area contributed by atoms with Gasteiger partial charge in [0, 0.05) is 19.5 Å². The Morgan fingerprint density at radius 3 is 2.68 bits per heavy atom. The molecule has 6 nitrogen and oxygen atoms in total. The van der Waals surface area contributed by atoms with Crippen molar-refractivity contribution in [1.29, 1.82) is 0 Å². The third-order valence-corrected chi connectivity index (χ3v) is 4.92. The Bertz CT molecular complexity index is 978. The van der Waals surface area contributed by atoms with Crippen LogP contribution in [0.3, 0.4) is 0 Å². The summed E-state index contributed by atoms with van der Waals surface area (Å²) >= 11 is 5.71. The zero-order valence-corrected chi connectivity index (χ0v) is 17.9. The molecule has 1 unspecified atom stereocenters. The SMILES string of the molecule is COc1ccc(CN=C(NCCc2ccco2)NCC(O)c2ccc(Cl)c(F)c2)cc1. The second-order valence-electron chi connectivity index (χ2n) is 6.84. The van der Waals surface area contributed by atoms with E-state index in [2.05, 4.69) is 15.6 Å². The van der Waals surface area contributed by atoms with Crippen molar-refractivity contribution < 1.29 is 18.7 Å². The van der Waals surface area contributed by atoms with Crippen LogP contribution in [0.5, 0.6) is 5.75 Å². The van der Waals surface area contributed by atoms with Crippen LogP contribution in [-0.2, 0) is 13.0 Å². The van der Waals surface area contributed by atoms with E-state index in [1.165, 1.54) is 12.1 Å². The first-order valence-electron chi connectivity index (χ1n) is 9.85. The van der Waals surface area contributed by atoms with E-state index in [0.29, 0.717) is 31.0 Å². The molecule has 0 spiro atoms. The van der Waals surface area contributed by atoms with E-state index in [0.717, 1.165) is 17.1 Å². The summed E-state index contributed by atoms with van der Waals surface area (Å²) in [6.45, 7) is 1.18. The third-order valence-electron chi connectivity index (χ3n) is 4.61. The minimum Gasteiger partial charge on any atom is -0.497 e. The Labute approximate surface area is 185 Å². The van der Waals surface area contributed by atoms with Crippen molar-refractivity contribution >= 4 is 17.6 Å². The van der Waals surface area contributed by atoms with Gasteiger partial charge in [-0.2, -0.15) is 0 Å². The lowest BCUT2D eigenvalue weighted by Crippen LogP contribution is -2.40. The van der Waals surface area contributed by atoms with Gasteiger partial charge in [-0.3, -0.25) is 0 Å². The van der Waals surface area contributed by atoms with Gasteiger partial charge in [0.15, 0.2) is 5.96 Å². The lowest BCUT2D eigenvalue weighted by atomic mass is 10.1. The molecule has 3 aromatic rings. The average Bonchev–Trinajstić information content (AvgIpc) is 3.30. The molecule has 0 aliphatic heterocycles. The molecule has 0 fully saturated rings. The van der Waals surface area contributed by atoms with Crippen LogP contribution in [0.15, 0.2) is 70.3 Å². The fraction of sp³-hybridized carbons (Fsp3) is 0.261. The summed E-state index contributed by atoms with van der Waals surface area (Å²) in [6, 6.07) is 15.6. The molecule has 0 saturated heterocycles. The second kappa shape index (κ2) is 11.4. The Kier molecular flexibility index (Phi) is 8.32. The minimum absolute atomic E-state index is 0.0187. The first kappa shape index (κ1) is 22.7. The van der Waals surface area contributed by atoms with E-state index in [9.17, 15) is 9.50 Å². The Morgan fingerprint density at radius 1 is 1.19 bits per heavy atom. The quantitative estimate of drug-likeness (QED) is 0.341. The molecule has 0 saturated carbocycles. The first-order valence-corrected chi connectivity index (χ1v) is 10.2. The van der Waals surface area contributed by atoms with Crippen molar-refractivity contribution in [2.24, 2.45) is 4.99 Å². The first-order chi connectivity index (χ1) is 15.0. The third kappa shape index (κ3) is 7.01. The number of benzene rings is 2. The number of furan rings is 1. The molecular formula is C23H25ClFN3O3. The molecule has 1 aromatic heterocycles. The van der Waals surface area contributed by atoms with E-state index in [1.54, 1.807) is 19.4 Å². The molecular weight excluding hydrogens is 421 g/mol. The highest BCUT2D eigenvalue weighted by atomic mass is 35.5. The van der Waals surface area contributed by atoms with Crippen LogP contribution in [0.2, 0.25) is 5.02 Å². The molecule has 2 aromatic carbocycles. The number of rotatable bonds is 9. The van der Waals surface area contributed by atoms with Crippen LogP contribution in [0.4, 0.5) is 4.39 Å². The predicted octanol–water partition coefficient (Wildman–Crippen LogP) is 4.09. The summed E-state index contributed by atoms with van der Waals surface area (Å²) in [4.78, 5) is 4.58. The van der Waals surface area contributed by atoms with Crippen molar-refractivity contribution in [3.05, 3.63) is 88.6 Å². The number of aliphatic imine (C=N–C) groups is 1. The van der Waals surface area contributed by atoms with Gasteiger partial charge in [0.05, 0.1) is 31.0 Å². The molecule has 1 heterocycles. The number of halogens is 2. The van der Waals surface area contributed by atoms with Crippen LogP contribution in [-0.4, -0.2) is 31.3 Å². The molecule has 0 amide bonds. The fourth-order valence-electron chi connectivity index (χ4n) is 2.87. The highest BCUT2D eigenvalue weighted by Gasteiger charge is 2.11. The highest BCUT2D eigenvalue weighted by molar-refractivity contribution is 6.30. The maximum absolute atomic E-state index is 13.7.